The Labute approximate surface area is 112 Å². The van der Waals surface area contributed by atoms with Crippen LogP contribution in [0.15, 0.2) is 24.3 Å². The molecule has 5 nitrogen and oxygen atoms in total. The Kier molecular flexibility index (Phi) is 4.76. The van der Waals surface area contributed by atoms with Crippen molar-refractivity contribution in [2.45, 2.75) is 25.3 Å². The number of carbonyl (C=O) groups is 1. The predicted molar refractivity (Wildman–Crippen MR) is 71.8 cm³/mol. The maximum atomic E-state index is 12.0. The van der Waals surface area contributed by atoms with Gasteiger partial charge in [0, 0.05) is 5.69 Å². The van der Waals surface area contributed by atoms with Crippen molar-refractivity contribution < 1.29 is 9.53 Å². The molecule has 100 valence electrons. The van der Waals surface area contributed by atoms with E-state index in [9.17, 15) is 4.79 Å². The summed E-state index contributed by atoms with van der Waals surface area (Å²) in [5.41, 5.74) is 0.738. The van der Waals surface area contributed by atoms with E-state index in [1.165, 1.54) is 0 Å². The van der Waals surface area contributed by atoms with Crippen LogP contribution in [0.2, 0.25) is 0 Å². The second kappa shape index (κ2) is 6.76. The molecule has 0 bridgehead atoms. The topological polar surface area (TPSA) is 74.1 Å². The normalized spacial score (nSPS) is 18.4. The van der Waals surface area contributed by atoms with E-state index in [1.807, 2.05) is 6.07 Å². The number of ether oxygens (including phenoxy) is 1. The molecule has 2 rings (SSSR count). The molecule has 5 heteroatoms. The molecule has 1 fully saturated rings. The first-order chi connectivity index (χ1) is 9.29. The minimum absolute atomic E-state index is 0.00499. The van der Waals surface area contributed by atoms with Gasteiger partial charge < -0.3 is 15.4 Å². The van der Waals surface area contributed by atoms with Crippen LogP contribution in [0.1, 0.15) is 19.3 Å². The van der Waals surface area contributed by atoms with E-state index in [-0.39, 0.29) is 18.6 Å². The lowest BCUT2D eigenvalue weighted by molar-refractivity contribution is -0.118. The third-order valence-corrected chi connectivity index (χ3v) is 3.05. The molecule has 0 spiro atoms. The molecule has 1 saturated heterocycles. The second-order valence-corrected chi connectivity index (χ2v) is 4.46. The summed E-state index contributed by atoms with van der Waals surface area (Å²) in [4.78, 5) is 12.0. The van der Waals surface area contributed by atoms with Gasteiger partial charge >= 0.3 is 0 Å². The highest BCUT2D eigenvalue weighted by Gasteiger charge is 2.20. The van der Waals surface area contributed by atoms with Crippen molar-refractivity contribution in [1.82, 2.24) is 5.32 Å². The fraction of sp³-hybridized carbons (Fsp3) is 0.429. The van der Waals surface area contributed by atoms with Crippen molar-refractivity contribution in [3.63, 3.8) is 0 Å². The summed E-state index contributed by atoms with van der Waals surface area (Å²) in [6.45, 7) is 0.927. The summed E-state index contributed by atoms with van der Waals surface area (Å²) in [6, 6.07) is 8.83. The average molecular weight is 259 g/mol. The number of nitrogens with zero attached hydrogens (tertiary/aromatic N) is 1. The molecular formula is C14H17N3O2. The van der Waals surface area contributed by atoms with Crippen LogP contribution < -0.4 is 15.4 Å². The summed E-state index contributed by atoms with van der Waals surface area (Å²) in [7, 11) is 0. The zero-order chi connectivity index (χ0) is 13.5. The van der Waals surface area contributed by atoms with Gasteiger partial charge in [-0.2, -0.15) is 5.26 Å². The minimum atomic E-state index is -0.0942. The molecule has 1 amide bonds. The summed E-state index contributed by atoms with van der Waals surface area (Å²) in [5.74, 6) is 0.626. The number of anilines is 1. The van der Waals surface area contributed by atoms with Gasteiger partial charge in [-0.1, -0.05) is 6.42 Å². The Morgan fingerprint density at radius 1 is 1.42 bits per heavy atom. The lowest BCUT2D eigenvalue weighted by Gasteiger charge is -2.22. The first kappa shape index (κ1) is 13.4. The third kappa shape index (κ3) is 3.97. The van der Waals surface area contributed by atoms with E-state index < -0.39 is 0 Å². The third-order valence-electron chi connectivity index (χ3n) is 3.05. The molecule has 1 aliphatic rings. The SMILES string of the molecule is N#CCOc1ccc(NC(=O)[C@@H]2CCCCN2)cc1. The number of nitriles is 1. The summed E-state index contributed by atoms with van der Waals surface area (Å²) >= 11 is 0. The number of rotatable bonds is 4. The first-order valence-corrected chi connectivity index (χ1v) is 6.43. The van der Waals surface area contributed by atoms with Crippen molar-refractivity contribution in [1.29, 1.82) is 5.26 Å². The van der Waals surface area contributed by atoms with E-state index >= 15 is 0 Å². The van der Waals surface area contributed by atoms with Gasteiger partial charge in [0.05, 0.1) is 6.04 Å². The molecular weight excluding hydrogens is 242 g/mol. The molecule has 2 N–H and O–H groups in total. The predicted octanol–water partition coefficient (Wildman–Crippen LogP) is 1.67. The van der Waals surface area contributed by atoms with Crippen LogP contribution in [0.3, 0.4) is 0 Å². The van der Waals surface area contributed by atoms with Crippen LogP contribution in [0, 0.1) is 11.3 Å². The van der Waals surface area contributed by atoms with E-state index in [0.29, 0.717) is 5.75 Å². The lowest BCUT2D eigenvalue weighted by atomic mass is 10.0. The maximum Gasteiger partial charge on any atom is 0.241 e. The van der Waals surface area contributed by atoms with Gasteiger partial charge in [0.15, 0.2) is 6.61 Å². The zero-order valence-corrected chi connectivity index (χ0v) is 10.7. The maximum absolute atomic E-state index is 12.0. The van der Waals surface area contributed by atoms with Crippen LogP contribution in [0.25, 0.3) is 0 Å². The van der Waals surface area contributed by atoms with Gasteiger partial charge in [-0.15, -0.1) is 0 Å². The first-order valence-electron chi connectivity index (χ1n) is 6.43. The molecule has 1 aliphatic heterocycles. The molecule has 0 aliphatic carbocycles. The highest BCUT2D eigenvalue weighted by molar-refractivity contribution is 5.94. The minimum Gasteiger partial charge on any atom is -0.479 e. The van der Waals surface area contributed by atoms with Crippen LogP contribution in [-0.2, 0) is 4.79 Å². The second-order valence-electron chi connectivity index (χ2n) is 4.46. The van der Waals surface area contributed by atoms with Crippen LogP contribution in [0.5, 0.6) is 5.75 Å². The molecule has 0 aromatic heterocycles. The Balaban J connectivity index is 1.88. The summed E-state index contributed by atoms with van der Waals surface area (Å²) < 4.78 is 5.15. The van der Waals surface area contributed by atoms with Crippen molar-refractivity contribution >= 4 is 11.6 Å². The van der Waals surface area contributed by atoms with E-state index in [1.54, 1.807) is 24.3 Å². The molecule has 1 heterocycles. The number of piperidine rings is 1. The molecule has 0 radical (unpaired) electrons. The monoisotopic (exact) mass is 259 g/mol. The van der Waals surface area contributed by atoms with E-state index in [4.69, 9.17) is 10.00 Å². The Morgan fingerprint density at radius 2 is 2.21 bits per heavy atom. The van der Waals surface area contributed by atoms with Crippen molar-refractivity contribution in [3.8, 4) is 11.8 Å². The van der Waals surface area contributed by atoms with Crippen molar-refractivity contribution in [2.24, 2.45) is 0 Å². The largest absolute Gasteiger partial charge is 0.479 e. The molecule has 0 saturated carbocycles. The van der Waals surface area contributed by atoms with Crippen molar-refractivity contribution in [2.75, 3.05) is 18.5 Å². The van der Waals surface area contributed by atoms with E-state index in [0.717, 1.165) is 31.5 Å². The fourth-order valence-corrected chi connectivity index (χ4v) is 2.06. The Bertz CT molecular complexity index is 459. The lowest BCUT2D eigenvalue weighted by Crippen LogP contribution is -2.43. The fourth-order valence-electron chi connectivity index (χ4n) is 2.06. The van der Waals surface area contributed by atoms with Gasteiger partial charge in [0.25, 0.3) is 0 Å². The van der Waals surface area contributed by atoms with Crippen LogP contribution in [-0.4, -0.2) is 25.1 Å². The molecule has 1 aromatic carbocycles. The molecule has 1 atom stereocenters. The zero-order valence-electron chi connectivity index (χ0n) is 10.7. The quantitative estimate of drug-likeness (QED) is 0.862. The van der Waals surface area contributed by atoms with Crippen molar-refractivity contribution in [3.05, 3.63) is 24.3 Å². The number of amides is 1. The molecule has 0 unspecified atom stereocenters. The average Bonchev–Trinajstić information content (AvgIpc) is 2.47. The smallest absolute Gasteiger partial charge is 0.241 e. The molecule has 1 aromatic rings. The highest BCUT2D eigenvalue weighted by atomic mass is 16.5. The Hall–Kier alpha value is -2.06. The summed E-state index contributed by atoms with van der Waals surface area (Å²) in [6.07, 6.45) is 3.11. The van der Waals surface area contributed by atoms with Gasteiger partial charge in [0.2, 0.25) is 5.91 Å². The van der Waals surface area contributed by atoms with E-state index in [2.05, 4.69) is 10.6 Å². The highest BCUT2D eigenvalue weighted by Crippen LogP contribution is 2.16. The van der Waals surface area contributed by atoms with Gasteiger partial charge in [-0.3, -0.25) is 4.79 Å². The van der Waals surface area contributed by atoms with Crippen LogP contribution >= 0.6 is 0 Å². The summed E-state index contributed by atoms with van der Waals surface area (Å²) in [5, 5.41) is 14.5. The standard InChI is InChI=1S/C14H17N3O2/c15-8-10-19-12-6-4-11(5-7-12)17-14(18)13-3-1-2-9-16-13/h4-7,13,16H,1-3,9-10H2,(H,17,18)/t13-/m0/s1. The number of carbonyl (C=O) groups excluding carboxylic acids is 1. The van der Waals surface area contributed by atoms with Gasteiger partial charge in [-0.05, 0) is 43.7 Å². The van der Waals surface area contributed by atoms with Crippen LogP contribution in [0.4, 0.5) is 5.69 Å². The number of nitrogens with one attached hydrogen (secondary N) is 2. The number of benzene rings is 1. The van der Waals surface area contributed by atoms with Gasteiger partial charge in [0.1, 0.15) is 11.8 Å². The molecule has 19 heavy (non-hydrogen) atoms. The number of hydrogen-bond donors (Lipinski definition) is 2. The Morgan fingerprint density at radius 3 is 2.84 bits per heavy atom. The van der Waals surface area contributed by atoms with Gasteiger partial charge in [-0.25, -0.2) is 0 Å². The number of hydrogen-bond acceptors (Lipinski definition) is 4.